The van der Waals surface area contributed by atoms with Gasteiger partial charge in [-0.1, -0.05) is 0 Å². The first-order chi connectivity index (χ1) is 8.97. The lowest BCUT2D eigenvalue weighted by molar-refractivity contribution is -0.138. The lowest BCUT2D eigenvalue weighted by Crippen LogP contribution is -2.37. The zero-order chi connectivity index (χ0) is 14.4. The fourth-order valence-electron chi connectivity index (χ4n) is 1.42. The molecule has 1 atom stereocenters. The van der Waals surface area contributed by atoms with E-state index in [0.29, 0.717) is 17.2 Å². The van der Waals surface area contributed by atoms with E-state index in [1.165, 1.54) is 14.2 Å². The van der Waals surface area contributed by atoms with Gasteiger partial charge in [-0.2, -0.15) is 0 Å². The van der Waals surface area contributed by atoms with Gasteiger partial charge in [-0.25, -0.2) is 0 Å². The van der Waals surface area contributed by atoms with Gasteiger partial charge in [-0.3, -0.25) is 9.59 Å². The van der Waals surface area contributed by atoms with Gasteiger partial charge in [0.25, 0.3) is 0 Å². The van der Waals surface area contributed by atoms with E-state index in [4.69, 9.17) is 20.3 Å². The number of hydrogen-bond acceptors (Lipinski definition) is 5. The fourth-order valence-corrected chi connectivity index (χ4v) is 1.42. The average Bonchev–Trinajstić information content (AvgIpc) is 2.37. The van der Waals surface area contributed by atoms with Crippen molar-refractivity contribution in [2.24, 2.45) is 5.73 Å². The van der Waals surface area contributed by atoms with Gasteiger partial charge in [0, 0.05) is 6.07 Å². The molecule has 0 saturated carbocycles. The minimum absolute atomic E-state index is 0.368. The van der Waals surface area contributed by atoms with Gasteiger partial charge in [0.1, 0.15) is 11.5 Å². The maximum absolute atomic E-state index is 11.7. The van der Waals surface area contributed by atoms with Gasteiger partial charge < -0.3 is 25.6 Å². The Bertz CT molecular complexity index is 475. The number of aliphatic carboxylic acids is 1. The number of carboxylic acid groups (broad SMARTS) is 1. The summed E-state index contributed by atoms with van der Waals surface area (Å²) in [6.07, 6.45) is -0.446. The predicted molar refractivity (Wildman–Crippen MR) is 68.4 cm³/mol. The van der Waals surface area contributed by atoms with Crippen LogP contribution in [-0.4, -0.2) is 37.2 Å². The number of carboxylic acids is 1. The molecule has 19 heavy (non-hydrogen) atoms. The zero-order valence-electron chi connectivity index (χ0n) is 10.7. The quantitative estimate of drug-likeness (QED) is 0.690. The summed E-state index contributed by atoms with van der Waals surface area (Å²) in [5.74, 6) is -0.784. The van der Waals surface area contributed by atoms with E-state index in [-0.39, 0.29) is 0 Å². The highest BCUT2D eigenvalue weighted by atomic mass is 16.5. The average molecular weight is 268 g/mol. The number of nitrogens with two attached hydrogens (primary N) is 1. The summed E-state index contributed by atoms with van der Waals surface area (Å²) in [5, 5.41) is 11.1. The molecule has 1 amide bonds. The fraction of sp³-hybridized carbons (Fsp3) is 0.333. The number of anilines is 1. The molecule has 1 aromatic rings. The topological polar surface area (TPSA) is 111 Å². The van der Waals surface area contributed by atoms with E-state index in [1.54, 1.807) is 18.2 Å². The van der Waals surface area contributed by atoms with Gasteiger partial charge in [0.2, 0.25) is 5.91 Å². The monoisotopic (exact) mass is 268 g/mol. The molecule has 7 heteroatoms. The van der Waals surface area contributed by atoms with Gasteiger partial charge in [-0.05, 0) is 12.1 Å². The number of benzene rings is 1. The van der Waals surface area contributed by atoms with E-state index in [0.717, 1.165) is 0 Å². The number of nitrogens with one attached hydrogen (secondary N) is 1. The van der Waals surface area contributed by atoms with Crippen LogP contribution in [0.2, 0.25) is 0 Å². The number of methoxy groups -OCH3 is 2. The summed E-state index contributed by atoms with van der Waals surface area (Å²) < 4.78 is 10.1. The Morgan fingerprint density at radius 3 is 2.58 bits per heavy atom. The number of ether oxygens (including phenoxy) is 2. The van der Waals surface area contributed by atoms with Crippen molar-refractivity contribution < 1.29 is 24.2 Å². The molecular formula is C12H16N2O5. The van der Waals surface area contributed by atoms with Gasteiger partial charge in [-0.15, -0.1) is 0 Å². The summed E-state index contributed by atoms with van der Waals surface area (Å²) in [6, 6.07) is 3.72. The highest BCUT2D eigenvalue weighted by Gasteiger charge is 2.18. The van der Waals surface area contributed by atoms with Crippen LogP contribution in [0, 0.1) is 0 Å². The van der Waals surface area contributed by atoms with Crippen LogP contribution in [0.1, 0.15) is 6.42 Å². The van der Waals surface area contributed by atoms with Crippen LogP contribution < -0.4 is 20.5 Å². The number of rotatable bonds is 6. The van der Waals surface area contributed by atoms with Crippen LogP contribution in [0.15, 0.2) is 18.2 Å². The molecule has 0 aliphatic carbocycles. The second-order valence-electron chi connectivity index (χ2n) is 3.76. The van der Waals surface area contributed by atoms with Crippen molar-refractivity contribution in [3.63, 3.8) is 0 Å². The van der Waals surface area contributed by atoms with E-state index < -0.39 is 24.3 Å². The molecule has 7 nitrogen and oxygen atoms in total. The molecule has 1 aromatic carbocycles. The number of hydrogen-bond donors (Lipinski definition) is 3. The summed E-state index contributed by atoms with van der Waals surface area (Å²) in [7, 11) is 2.94. The standard InChI is InChI=1S/C12H16N2O5/c1-18-7-3-4-10(19-2)9(5-7)14-12(17)8(13)6-11(15)16/h3-5,8H,6,13H2,1-2H3,(H,14,17)(H,15,16). The molecule has 0 saturated heterocycles. The molecule has 0 aliphatic heterocycles. The zero-order valence-corrected chi connectivity index (χ0v) is 10.7. The molecule has 1 unspecified atom stereocenters. The van der Waals surface area contributed by atoms with E-state index in [1.807, 2.05) is 0 Å². The van der Waals surface area contributed by atoms with Crippen LogP contribution >= 0.6 is 0 Å². The third-order valence-electron chi connectivity index (χ3n) is 2.40. The summed E-state index contributed by atoms with van der Waals surface area (Å²) in [4.78, 5) is 22.2. The van der Waals surface area contributed by atoms with Crippen LogP contribution in [0.25, 0.3) is 0 Å². The van der Waals surface area contributed by atoms with E-state index in [2.05, 4.69) is 5.32 Å². The molecule has 0 heterocycles. The summed E-state index contributed by atoms with van der Waals surface area (Å²) in [6.45, 7) is 0. The van der Waals surface area contributed by atoms with Crippen molar-refractivity contribution in [1.29, 1.82) is 0 Å². The molecule has 4 N–H and O–H groups in total. The van der Waals surface area contributed by atoms with Gasteiger partial charge in [0.15, 0.2) is 0 Å². The second-order valence-corrected chi connectivity index (χ2v) is 3.76. The molecule has 1 rings (SSSR count). The third kappa shape index (κ3) is 4.14. The minimum atomic E-state index is -1.14. The Hall–Kier alpha value is -2.28. The van der Waals surface area contributed by atoms with Crippen molar-refractivity contribution in [2.75, 3.05) is 19.5 Å². The maximum atomic E-state index is 11.7. The smallest absolute Gasteiger partial charge is 0.305 e. The maximum Gasteiger partial charge on any atom is 0.305 e. The SMILES string of the molecule is COc1ccc(OC)c(NC(=O)C(N)CC(=O)O)c1. The van der Waals surface area contributed by atoms with Crippen molar-refractivity contribution in [3.05, 3.63) is 18.2 Å². The Kier molecular flexibility index (Phi) is 5.13. The molecule has 0 bridgehead atoms. The minimum Gasteiger partial charge on any atom is -0.497 e. The third-order valence-corrected chi connectivity index (χ3v) is 2.40. The van der Waals surface area contributed by atoms with Gasteiger partial charge >= 0.3 is 5.97 Å². The molecular weight excluding hydrogens is 252 g/mol. The molecule has 0 fully saturated rings. The lowest BCUT2D eigenvalue weighted by Gasteiger charge is -2.14. The first-order valence-corrected chi connectivity index (χ1v) is 5.48. The number of carbonyl (C=O) groups excluding carboxylic acids is 1. The number of amides is 1. The summed E-state index contributed by atoms with van der Waals surface area (Å²) >= 11 is 0. The highest BCUT2D eigenvalue weighted by molar-refractivity contribution is 5.97. The van der Waals surface area contributed by atoms with Crippen LogP contribution in [0.4, 0.5) is 5.69 Å². The molecule has 0 radical (unpaired) electrons. The van der Waals surface area contributed by atoms with Crippen molar-refractivity contribution in [1.82, 2.24) is 0 Å². The predicted octanol–water partition coefficient (Wildman–Crippen LogP) is 0.444. The van der Waals surface area contributed by atoms with Crippen LogP contribution in [-0.2, 0) is 9.59 Å². The Morgan fingerprint density at radius 1 is 1.37 bits per heavy atom. The van der Waals surface area contributed by atoms with Crippen molar-refractivity contribution >= 4 is 17.6 Å². The van der Waals surface area contributed by atoms with Crippen molar-refractivity contribution in [3.8, 4) is 11.5 Å². The first kappa shape index (κ1) is 14.8. The lowest BCUT2D eigenvalue weighted by atomic mass is 10.2. The van der Waals surface area contributed by atoms with E-state index >= 15 is 0 Å². The Labute approximate surface area is 110 Å². The molecule has 0 aromatic heterocycles. The Morgan fingerprint density at radius 2 is 2.05 bits per heavy atom. The normalized spacial score (nSPS) is 11.5. The number of carbonyl (C=O) groups is 2. The van der Waals surface area contributed by atoms with E-state index in [9.17, 15) is 9.59 Å². The van der Waals surface area contributed by atoms with Crippen LogP contribution in [0.3, 0.4) is 0 Å². The second kappa shape index (κ2) is 6.60. The molecule has 0 spiro atoms. The largest absolute Gasteiger partial charge is 0.497 e. The molecule has 0 aliphatic rings. The first-order valence-electron chi connectivity index (χ1n) is 5.48. The van der Waals surface area contributed by atoms with Crippen molar-refractivity contribution in [2.45, 2.75) is 12.5 Å². The highest BCUT2D eigenvalue weighted by Crippen LogP contribution is 2.28. The summed E-state index contributed by atoms with van der Waals surface area (Å²) in [5.41, 5.74) is 5.83. The van der Waals surface area contributed by atoms with Crippen LogP contribution in [0.5, 0.6) is 11.5 Å². The Balaban J connectivity index is 2.85. The molecule has 104 valence electrons. The van der Waals surface area contributed by atoms with Gasteiger partial charge in [0.05, 0.1) is 32.4 Å².